The zero-order valence-electron chi connectivity index (χ0n) is 11.4. The van der Waals surface area contributed by atoms with Crippen LogP contribution in [0.3, 0.4) is 0 Å². The molecular weight excluding hydrogens is 350 g/mol. The second kappa shape index (κ2) is 8.02. The van der Waals surface area contributed by atoms with E-state index in [2.05, 4.69) is 15.9 Å². The van der Waals surface area contributed by atoms with E-state index in [1.54, 1.807) is 0 Å². The van der Waals surface area contributed by atoms with Gasteiger partial charge in [-0.3, -0.25) is 14.9 Å². The van der Waals surface area contributed by atoms with Gasteiger partial charge in [0.25, 0.3) is 5.91 Å². The zero-order chi connectivity index (χ0) is 16.0. The van der Waals surface area contributed by atoms with Gasteiger partial charge in [0.15, 0.2) is 0 Å². The predicted molar refractivity (Wildman–Crippen MR) is 77.6 cm³/mol. The lowest BCUT2D eigenvalue weighted by atomic mass is 10.1. The van der Waals surface area contributed by atoms with Crippen molar-refractivity contribution in [1.29, 1.82) is 0 Å². The monoisotopic (exact) mass is 364 g/mol. The average molecular weight is 365 g/mol. The number of unbranched alkanes of at least 4 members (excludes halogenated alkanes) is 2. The molecule has 0 radical (unpaired) electrons. The summed E-state index contributed by atoms with van der Waals surface area (Å²) in [6.45, 7) is 0.327. The molecular formula is C13H15BrF2N2O3. The van der Waals surface area contributed by atoms with Crippen LogP contribution in [0.2, 0.25) is 0 Å². The normalized spacial score (nSPS) is 10.5. The van der Waals surface area contributed by atoms with Gasteiger partial charge in [0.1, 0.15) is 11.4 Å². The van der Waals surface area contributed by atoms with Crippen molar-refractivity contribution in [3.8, 4) is 0 Å². The second-order valence-electron chi connectivity index (χ2n) is 4.49. The van der Waals surface area contributed by atoms with E-state index < -0.39 is 33.7 Å². The average Bonchev–Trinajstić information content (AvgIpc) is 2.42. The summed E-state index contributed by atoms with van der Waals surface area (Å²) < 4.78 is 27.5. The molecule has 21 heavy (non-hydrogen) atoms. The summed E-state index contributed by atoms with van der Waals surface area (Å²) >= 11 is 3.28. The van der Waals surface area contributed by atoms with Gasteiger partial charge >= 0.3 is 5.69 Å². The number of hydrogen-bond acceptors (Lipinski definition) is 3. The van der Waals surface area contributed by atoms with Gasteiger partial charge in [-0.2, -0.15) is 4.39 Å². The number of amides is 1. The Hall–Kier alpha value is -1.57. The number of nitro groups is 1. The molecule has 0 heterocycles. The van der Waals surface area contributed by atoms with Crippen molar-refractivity contribution >= 4 is 27.5 Å². The van der Waals surface area contributed by atoms with Crippen molar-refractivity contribution in [3.63, 3.8) is 0 Å². The third-order valence-corrected chi connectivity index (χ3v) is 3.52. The van der Waals surface area contributed by atoms with Crippen molar-refractivity contribution in [3.05, 3.63) is 39.4 Å². The van der Waals surface area contributed by atoms with Crippen molar-refractivity contribution in [2.75, 3.05) is 18.9 Å². The minimum Gasteiger partial charge on any atom is -0.342 e. The lowest BCUT2D eigenvalue weighted by Gasteiger charge is -2.17. The molecule has 0 saturated heterocycles. The molecule has 0 saturated carbocycles. The Balaban J connectivity index is 2.91. The molecule has 0 N–H and O–H groups in total. The minimum absolute atomic E-state index is 0.327. The molecule has 0 atom stereocenters. The number of carbonyl (C=O) groups is 1. The number of nitro benzene ring substituents is 1. The first-order chi connectivity index (χ1) is 9.90. The standard InChI is InChI=1S/C13H15BrF2N2O3/c1-17(8-4-2-3-7-14)13(19)11-9(15)5-6-10(12(11)16)18(20)21/h5-6H,2-4,7-8H2,1H3. The third-order valence-electron chi connectivity index (χ3n) is 2.96. The van der Waals surface area contributed by atoms with E-state index in [4.69, 9.17) is 0 Å². The number of nitrogens with zero attached hydrogens (tertiary/aromatic N) is 2. The van der Waals surface area contributed by atoms with Crippen LogP contribution in [0.1, 0.15) is 29.6 Å². The first kappa shape index (κ1) is 17.5. The van der Waals surface area contributed by atoms with Crippen LogP contribution in [-0.2, 0) is 0 Å². The van der Waals surface area contributed by atoms with Crippen LogP contribution in [0.4, 0.5) is 14.5 Å². The fraction of sp³-hybridized carbons (Fsp3) is 0.462. The van der Waals surface area contributed by atoms with E-state index in [0.717, 1.165) is 24.2 Å². The SMILES string of the molecule is CN(CCCCCBr)C(=O)c1c(F)ccc([N+](=O)[O-])c1F. The number of hydrogen-bond donors (Lipinski definition) is 0. The molecule has 0 bridgehead atoms. The molecule has 1 aromatic rings. The molecule has 1 aromatic carbocycles. The summed E-state index contributed by atoms with van der Waals surface area (Å²) in [5.41, 5.74) is -1.79. The number of halogens is 3. The van der Waals surface area contributed by atoms with Crippen molar-refractivity contribution in [1.82, 2.24) is 4.90 Å². The molecule has 8 heteroatoms. The first-order valence-electron chi connectivity index (χ1n) is 6.34. The highest BCUT2D eigenvalue weighted by Gasteiger charge is 2.27. The maximum Gasteiger partial charge on any atom is 0.305 e. The second-order valence-corrected chi connectivity index (χ2v) is 5.28. The Morgan fingerprint density at radius 2 is 2.00 bits per heavy atom. The van der Waals surface area contributed by atoms with Crippen LogP contribution < -0.4 is 0 Å². The van der Waals surface area contributed by atoms with Crippen molar-refractivity contribution in [2.24, 2.45) is 0 Å². The highest BCUT2D eigenvalue weighted by molar-refractivity contribution is 9.09. The fourth-order valence-electron chi connectivity index (χ4n) is 1.79. The maximum atomic E-state index is 13.9. The lowest BCUT2D eigenvalue weighted by Crippen LogP contribution is -2.29. The van der Waals surface area contributed by atoms with E-state index in [1.807, 2.05) is 0 Å². The maximum absolute atomic E-state index is 13.9. The molecule has 116 valence electrons. The van der Waals surface area contributed by atoms with Crippen LogP contribution >= 0.6 is 15.9 Å². The molecule has 5 nitrogen and oxygen atoms in total. The van der Waals surface area contributed by atoms with Gasteiger partial charge in [0.05, 0.1) is 4.92 Å². The first-order valence-corrected chi connectivity index (χ1v) is 7.46. The molecule has 0 aromatic heterocycles. The van der Waals surface area contributed by atoms with Gasteiger partial charge in [0.2, 0.25) is 5.82 Å². The Morgan fingerprint density at radius 1 is 1.33 bits per heavy atom. The smallest absolute Gasteiger partial charge is 0.305 e. The third kappa shape index (κ3) is 4.45. The highest BCUT2D eigenvalue weighted by atomic mass is 79.9. The Morgan fingerprint density at radius 3 is 2.57 bits per heavy atom. The minimum atomic E-state index is -1.43. The number of benzene rings is 1. The Bertz CT molecular complexity index is 540. The number of alkyl halides is 1. The molecule has 0 aliphatic carbocycles. The largest absolute Gasteiger partial charge is 0.342 e. The summed E-state index contributed by atoms with van der Waals surface area (Å²) in [6, 6.07) is 1.44. The summed E-state index contributed by atoms with van der Waals surface area (Å²) in [5, 5.41) is 11.5. The summed E-state index contributed by atoms with van der Waals surface area (Å²) in [5.74, 6) is -3.43. The Labute approximate surface area is 129 Å². The fourth-order valence-corrected chi connectivity index (χ4v) is 2.19. The van der Waals surface area contributed by atoms with Crippen LogP contribution in [0.15, 0.2) is 12.1 Å². The van der Waals surface area contributed by atoms with Gasteiger partial charge in [-0.05, 0) is 18.9 Å². The molecule has 0 aliphatic rings. The summed E-state index contributed by atoms with van der Waals surface area (Å²) in [7, 11) is 1.41. The van der Waals surface area contributed by atoms with E-state index in [9.17, 15) is 23.7 Å². The number of carbonyl (C=O) groups excluding carboxylic acids is 1. The highest BCUT2D eigenvalue weighted by Crippen LogP contribution is 2.24. The van der Waals surface area contributed by atoms with Gasteiger partial charge in [-0.25, -0.2) is 4.39 Å². The topological polar surface area (TPSA) is 63.5 Å². The summed E-state index contributed by atoms with van der Waals surface area (Å²) in [6.07, 6.45) is 2.48. The van der Waals surface area contributed by atoms with Crippen molar-refractivity contribution < 1.29 is 18.5 Å². The summed E-state index contributed by atoms with van der Waals surface area (Å²) in [4.78, 5) is 22.9. The van der Waals surface area contributed by atoms with Gasteiger partial charge < -0.3 is 4.90 Å². The van der Waals surface area contributed by atoms with Crippen molar-refractivity contribution in [2.45, 2.75) is 19.3 Å². The Kier molecular flexibility index (Phi) is 6.67. The number of rotatable bonds is 7. The molecule has 0 spiro atoms. The van der Waals surface area contributed by atoms with E-state index in [0.29, 0.717) is 19.0 Å². The van der Waals surface area contributed by atoms with Gasteiger partial charge in [0, 0.05) is 25.0 Å². The molecule has 0 unspecified atom stereocenters. The molecule has 0 fully saturated rings. The van der Waals surface area contributed by atoms with Gasteiger partial charge in [-0.1, -0.05) is 22.4 Å². The lowest BCUT2D eigenvalue weighted by molar-refractivity contribution is -0.387. The van der Waals surface area contributed by atoms with Crippen LogP contribution in [-0.4, -0.2) is 34.7 Å². The quantitative estimate of drug-likeness (QED) is 0.322. The molecule has 1 amide bonds. The van der Waals surface area contributed by atoms with E-state index in [-0.39, 0.29) is 0 Å². The van der Waals surface area contributed by atoms with Gasteiger partial charge in [-0.15, -0.1) is 0 Å². The molecule has 0 aliphatic heterocycles. The molecule has 1 rings (SSSR count). The van der Waals surface area contributed by atoms with E-state index in [1.165, 1.54) is 11.9 Å². The zero-order valence-corrected chi connectivity index (χ0v) is 13.0. The van der Waals surface area contributed by atoms with E-state index >= 15 is 0 Å². The van der Waals surface area contributed by atoms with Crippen LogP contribution in [0, 0.1) is 21.7 Å². The van der Waals surface area contributed by atoms with Crippen LogP contribution in [0.25, 0.3) is 0 Å². The van der Waals surface area contributed by atoms with Crippen LogP contribution in [0.5, 0.6) is 0 Å². The predicted octanol–water partition coefficient (Wildman–Crippen LogP) is 3.51.